The number of halogens is 6. The molecule has 0 aliphatic carbocycles. The number of alkyl halides is 4. The molecule has 0 radical (unpaired) electrons. The van der Waals surface area contributed by atoms with Gasteiger partial charge in [-0.05, 0) is 0 Å². The van der Waals surface area contributed by atoms with Crippen molar-refractivity contribution in [1.82, 2.24) is 0 Å². The smallest absolute Gasteiger partial charge is 0.0870 e. The zero-order valence-corrected chi connectivity index (χ0v) is 14.0. The molecular formula is C4H2Br6. The molecule has 0 aliphatic rings. The Bertz CT molecular complexity index is 142. The van der Waals surface area contributed by atoms with Crippen molar-refractivity contribution in [3.63, 3.8) is 0 Å². The van der Waals surface area contributed by atoms with E-state index in [0.717, 1.165) is 14.3 Å². The second-order valence-corrected chi connectivity index (χ2v) is 10.4. The van der Waals surface area contributed by atoms with Gasteiger partial charge in [0.05, 0.1) is 0 Å². The van der Waals surface area contributed by atoms with E-state index >= 15 is 0 Å². The normalized spacial score (nSPS) is 15.0. The summed E-state index contributed by atoms with van der Waals surface area (Å²) in [4.78, 5) is 0. The van der Waals surface area contributed by atoms with Crippen LogP contribution in [0.3, 0.4) is 0 Å². The topological polar surface area (TPSA) is 0 Å². The first-order chi connectivity index (χ1) is 4.39. The molecule has 0 fully saturated rings. The van der Waals surface area contributed by atoms with Gasteiger partial charge in [-0.25, -0.2) is 0 Å². The second kappa shape index (κ2) is 5.37. The largest absolute Gasteiger partial charge is 0.167 e. The molecule has 6 heteroatoms. The molecule has 0 unspecified atom stereocenters. The van der Waals surface area contributed by atoms with E-state index in [1.807, 2.05) is 0 Å². The number of hydrogen-bond acceptors (Lipinski definition) is 0. The van der Waals surface area contributed by atoms with Crippen molar-refractivity contribution in [2.45, 2.75) is 2.14 Å². The van der Waals surface area contributed by atoms with E-state index in [-0.39, 0.29) is 2.14 Å². The minimum atomic E-state index is -0.362. The lowest BCUT2D eigenvalue weighted by Crippen LogP contribution is -2.00. The molecule has 0 aromatic rings. The molecule has 0 saturated heterocycles. The third-order valence-electron chi connectivity index (χ3n) is 0.604. The summed E-state index contributed by atoms with van der Waals surface area (Å²) in [5, 5.41) is 0.776. The predicted molar refractivity (Wildman–Crippen MR) is 68.2 cm³/mol. The average molecular weight is 529 g/mol. The van der Waals surface area contributed by atoms with Crippen molar-refractivity contribution in [2.24, 2.45) is 0 Å². The van der Waals surface area contributed by atoms with Gasteiger partial charge in [0.1, 0.15) is 0 Å². The Morgan fingerprint density at radius 3 is 1.60 bits per heavy atom. The molecule has 0 saturated carbocycles. The van der Waals surface area contributed by atoms with Gasteiger partial charge in [-0.1, -0.05) is 95.6 Å². The summed E-state index contributed by atoms with van der Waals surface area (Å²) in [7, 11) is 0. The first-order valence-corrected chi connectivity index (χ1v) is 7.15. The van der Waals surface area contributed by atoms with Crippen molar-refractivity contribution in [2.75, 3.05) is 5.33 Å². The van der Waals surface area contributed by atoms with E-state index in [2.05, 4.69) is 95.6 Å². The van der Waals surface area contributed by atoms with Crippen LogP contribution in [0.15, 0.2) is 8.96 Å². The van der Waals surface area contributed by atoms with Gasteiger partial charge in [-0.2, -0.15) is 0 Å². The summed E-state index contributed by atoms with van der Waals surface area (Å²) < 4.78 is 1.65. The van der Waals surface area contributed by atoms with Crippen molar-refractivity contribution in [1.29, 1.82) is 0 Å². The highest BCUT2D eigenvalue weighted by Crippen LogP contribution is 2.46. The van der Waals surface area contributed by atoms with Crippen molar-refractivity contribution in [3.05, 3.63) is 8.96 Å². The fourth-order valence-electron chi connectivity index (χ4n) is 0.212. The van der Waals surface area contributed by atoms with Gasteiger partial charge in [-0.15, -0.1) is 0 Å². The van der Waals surface area contributed by atoms with Crippen LogP contribution in [0.2, 0.25) is 0 Å². The molecule has 0 bridgehead atoms. The highest BCUT2D eigenvalue weighted by molar-refractivity contribution is 9.40. The molecule has 0 aromatic heterocycles. The maximum Gasteiger partial charge on any atom is 0.167 e. The monoisotopic (exact) mass is 524 g/mol. The fourth-order valence-corrected chi connectivity index (χ4v) is 2.82. The van der Waals surface area contributed by atoms with Gasteiger partial charge in [0.25, 0.3) is 0 Å². The third-order valence-corrected chi connectivity index (χ3v) is 6.99. The van der Waals surface area contributed by atoms with Crippen molar-refractivity contribution < 1.29 is 0 Å². The SMILES string of the molecule is BrCC(Br)=C(Br)C(Br)(Br)Br. The maximum absolute atomic E-state index is 3.39. The Kier molecular flexibility index (Phi) is 6.78. The quantitative estimate of drug-likeness (QED) is 0.409. The molecule has 0 spiro atoms. The Hall–Kier alpha value is 2.62. The average Bonchev–Trinajstić information content (AvgIpc) is 1.83. The van der Waals surface area contributed by atoms with E-state index < -0.39 is 0 Å². The predicted octanol–water partition coefficient (Wildman–Crippen LogP) is 5.22. The van der Waals surface area contributed by atoms with Crippen LogP contribution < -0.4 is 0 Å². The maximum atomic E-state index is 3.39. The number of allylic oxidation sites excluding steroid dienone is 2. The van der Waals surface area contributed by atoms with Crippen LogP contribution in [-0.2, 0) is 0 Å². The van der Waals surface area contributed by atoms with Crippen LogP contribution >= 0.6 is 95.6 Å². The standard InChI is InChI=1S/C4H2Br6/c5-1-2(6)3(7)4(8,9)10/h1H2. The molecule has 0 amide bonds. The number of hydrogen-bond donors (Lipinski definition) is 0. The molecule has 0 aromatic carbocycles. The minimum Gasteiger partial charge on any atom is -0.0870 e. The molecule has 0 N–H and O–H groups in total. The minimum absolute atomic E-state index is 0.362. The summed E-state index contributed by atoms with van der Waals surface area (Å²) >= 11 is 20.2. The Morgan fingerprint density at radius 1 is 1.10 bits per heavy atom. The highest BCUT2D eigenvalue weighted by Gasteiger charge is 2.23. The van der Waals surface area contributed by atoms with Crippen LogP contribution in [0, 0.1) is 0 Å². The van der Waals surface area contributed by atoms with Crippen LogP contribution in [0.25, 0.3) is 0 Å². The lowest BCUT2D eigenvalue weighted by Gasteiger charge is -2.12. The van der Waals surface area contributed by atoms with Gasteiger partial charge in [-0.3, -0.25) is 0 Å². The molecule has 10 heavy (non-hydrogen) atoms. The highest BCUT2D eigenvalue weighted by atomic mass is 80.0. The van der Waals surface area contributed by atoms with Gasteiger partial charge < -0.3 is 0 Å². The molecule has 0 aliphatic heterocycles. The molecule has 0 atom stereocenters. The van der Waals surface area contributed by atoms with Crippen LogP contribution in [0.5, 0.6) is 0 Å². The first kappa shape index (κ1) is 12.6. The van der Waals surface area contributed by atoms with Gasteiger partial charge >= 0.3 is 0 Å². The fraction of sp³-hybridized carbons (Fsp3) is 0.500. The van der Waals surface area contributed by atoms with E-state index in [4.69, 9.17) is 0 Å². The first-order valence-electron chi connectivity index (χ1n) is 2.07. The van der Waals surface area contributed by atoms with E-state index in [1.165, 1.54) is 0 Å². The summed E-state index contributed by atoms with van der Waals surface area (Å²) in [5.74, 6) is 0. The van der Waals surface area contributed by atoms with Gasteiger partial charge in [0.2, 0.25) is 0 Å². The van der Waals surface area contributed by atoms with E-state index in [9.17, 15) is 0 Å². The van der Waals surface area contributed by atoms with Crippen LogP contribution in [0.4, 0.5) is 0 Å². The summed E-state index contributed by atoms with van der Waals surface area (Å²) in [5.41, 5.74) is 0. The zero-order chi connectivity index (χ0) is 8.36. The van der Waals surface area contributed by atoms with Crippen LogP contribution in [-0.4, -0.2) is 7.47 Å². The van der Waals surface area contributed by atoms with Crippen LogP contribution in [0.1, 0.15) is 0 Å². The van der Waals surface area contributed by atoms with Gasteiger partial charge in [0, 0.05) is 14.3 Å². The summed E-state index contributed by atoms with van der Waals surface area (Å²) in [6.45, 7) is 0. The molecular weight excluding hydrogens is 527 g/mol. The molecule has 0 rings (SSSR count). The molecule has 0 nitrogen and oxygen atoms in total. The Morgan fingerprint density at radius 2 is 1.50 bits per heavy atom. The number of rotatable bonds is 1. The van der Waals surface area contributed by atoms with Crippen molar-refractivity contribution >= 4 is 95.6 Å². The Labute approximate surface area is 110 Å². The zero-order valence-electron chi connectivity index (χ0n) is 4.47. The molecule has 60 valence electrons. The Balaban J connectivity index is 4.47. The van der Waals surface area contributed by atoms with E-state index in [0.29, 0.717) is 0 Å². The van der Waals surface area contributed by atoms with E-state index in [1.54, 1.807) is 0 Å². The summed E-state index contributed by atoms with van der Waals surface area (Å²) in [6, 6.07) is 0. The lowest BCUT2D eigenvalue weighted by atomic mass is 10.6. The van der Waals surface area contributed by atoms with Crippen molar-refractivity contribution in [3.8, 4) is 0 Å². The molecule has 0 heterocycles. The third kappa shape index (κ3) is 4.60. The summed E-state index contributed by atoms with van der Waals surface area (Å²) in [6.07, 6.45) is 0. The van der Waals surface area contributed by atoms with Gasteiger partial charge in [0.15, 0.2) is 2.14 Å². The lowest BCUT2D eigenvalue weighted by molar-refractivity contribution is 1.54. The second-order valence-electron chi connectivity index (χ2n) is 1.35.